The lowest BCUT2D eigenvalue weighted by atomic mass is 10.0. The van der Waals surface area contributed by atoms with Crippen LogP contribution in [0.25, 0.3) is 22.5 Å². The van der Waals surface area contributed by atoms with E-state index in [1.807, 2.05) is 36.4 Å². The predicted octanol–water partition coefficient (Wildman–Crippen LogP) is 3.20. The second-order valence-corrected chi connectivity index (χ2v) is 3.58. The van der Waals surface area contributed by atoms with Gasteiger partial charge in [-0.25, -0.2) is 4.98 Å². The van der Waals surface area contributed by atoms with E-state index in [9.17, 15) is 0 Å². The van der Waals surface area contributed by atoms with Crippen molar-refractivity contribution in [3.63, 3.8) is 0 Å². The van der Waals surface area contributed by atoms with Gasteiger partial charge in [0.25, 0.3) is 0 Å². The molecule has 0 unspecified atom stereocenters. The molecule has 0 aliphatic carbocycles. The van der Waals surface area contributed by atoms with Crippen LogP contribution in [-0.4, -0.2) is 9.97 Å². The van der Waals surface area contributed by atoms with Crippen molar-refractivity contribution in [2.75, 3.05) is 0 Å². The lowest BCUT2D eigenvalue weighted by Crippen LogP contribution is -1.85. The minimum atomic E-state index is 0.678. The molecule has 3 nitrogen and oxygen atoms in total. The first kappa shape index (κ1) is 9.78. The molecule has 0 saturated carbocycles. The standard InChI is InChI=1S/C14H9N2O/c1-2-4-11(5-3-1)12-6-7-15-8-13(12)14-9-16-10-17-14/h1-7,9-10H. The van der Waals surface area contributed by atoms with Crippen molar-refractivity contribution in [3.05, 3.63) is 61.4 Å². The summed E-state index contributed by atoms with van der Waals surface area (Å²) in [6.45, 7) is 0. The van der Waals surface area contributed by atoms with Crippen molar-refractivity contribution in [2.24, 2.45) is 0 Å². The van der Waals surface area contributed by atoms with E-state index in [2.05, 4.69) is 16.2 Å². The van der Waals surface area contributed by atoms with Crippen molar-refractivity contribution < 1.29 is 4.42 Å². The minimum absolute atomic E-state index is 0.678. The zero-order valence-electron chi connectivity index (χ0n) is 9.00. The van der Waals surface area contributed by atoms with Crippen LogP contribution in [0.1, 0.15) is 0 Å². The molecule has 0 fully saturated rings. The average Bonchev–Trinajstić information content (AvgIpc) is 2.94. The Balaban J connectivity index is 2.18. The topological polar surface area (TPSA) is 38.9 Å². The fraction of sp³-hybridized carbons (Fsp3) is 0. The Morgan fingerprint density at radius 2 is 1.94 bits per heavy atom. The van der Waals surface area contributed by atoms with Gasteiger partial charge in [0.2, 0.25) is 0 Å². The number of rotatable bonds is 2. The third kappa shape index (κ3) is 1.83. The third-order valence-corrected chi connectivity index (χ3v) is 2.52. The highest BCUT2D eigenvalue weighted by Gasteiger charge is 2.09. The lowest BCUT2D eigenvalue weighted by molar-refractivity contribution is 0.572. The molecule has 3 heteroatoms. The Labute approximate surface area is 98.8 Å². The molecule has 1 radical (unpaired) electrons. The van der Waals surface area contributed by atoms with Crippen LogP contribution >= 0.6 is 0 Å². The molecule has 3 rings (SSSR count). The molecule has 81 valence electrons. The lowest BCUT2D eigenvalue weighted by Gasteiger charge is -2.05. The van der Waals surface area contributed by atoms with Crippen molar-refractivity contribution in [1.29, 1.82) is 0 Å². The van der Waals surface area contributed by atoms with Gasteiger partial charge in [-0.3, -0.25) is 4.98 Å². The fourth-order valence-corrected chi connectivity index (χ4v) is 1.74. The van der Waals surface area contributed by atoms with Gasteiger partial charge in [0.05, 0.1) is 11.8 Å². The summed E-state index contributed by atoms with van der Waals surface area (Å²) in [5.74, 6) is 0.678. The summed E-state index contributed by atoms with van der Waals surface area (Å²) in [6, 6.07) is 12.0. The van der Waals surface area contributed by atoms with Gasteiger partial charge in [-0.15, -0.1) is 0 Å². The van der Waals surface area contributed by atoms with Crippen LogP contribution in [0, 0.1) is 6.20 Å². The van der Waals surface area contributed by atoms with Crippen molar-refractivity contribution in [2.45, 2.75) is 0 Å². The normalized spacial score (nSPS) is 10.4. The number of nitrogens with zero attached hydrogens (tertiary/aromatic N) is 2. The number of oxazole rings is 1. The van der Waals surface area contributed by atoms with Crippen LogP contribution in [0.4, 0.5) is 0 Å². The van der Waals surface area contributed by atoms with Gasteiger partial charge in [0.1, 0.15) is 6.20 Å². The van der Waals surface area contributed by atoms with Crippen molar-refractivity contribution in [3.8, 4) is 22.5 Å². The quantitative estimate of drug-likeness (QED) is 0.667. The molecule has 0 bridgehead atoms. The van der Waals surface area contributed by atoms with Gasteiger partial charge in [0.15, 0.2) is 12.2 Å². The van der Waals surface area contributed by atoms with Crippen LogP contribution < -0.4 is 0 Å². The molecule has 1 aromatic carbocycles. The van der Waals surface area contributed by atoms with E-state index < -0.39 is 0 Å². The highest BCUT2D eigenvalue weighted by molar-refractivity contribution is 5.79. The second-order valence-electron chi connectivity index (χ2n) is 3.58. The summed E-state index contributed by atoms with van der Waals surface area (Å²) < 4.78 is 5.30. The molecule has 0 aliphatic rings. The van der Waals surface area contributed by atoms with Crippen LogP contribution in [0.15, 0.2) is 59.6 Å². The van der Waals surface area contributed by atoms with Crippen molar-refractivity contribution >= 4 is 0 Å². The highest BCUT2D eigenvalue weighted by Crippen LogP contribution is 2.30. The summed E-state index contributed by atoms with van der Waals surface area (Å²) in [7, 11) is 0. The first-order valence-electron chi connectivity index (χ1n) is 5.26. The van der Waals surface area contributed by atoms with Gasteiger partial charge in [-0.05, 0) is 17.2 Å². The highest BCUT2D eigenvalue weighted by atomic mass is 16.3. The first-order valence-corrected chi connectivity index (χ1v) is 5.26. The van der Waals surface area contributed by atoms with Crippen LogP contribution in [0.5, 0.6) is 0 Å². The van der Waals surface area contributed by atoms with E-state index >= 15 is 0 Å². The average molecular weight is 221 g/mol. The third-order valence-electron chi connectivity index (χ3n) is 2.52. The Morgan fingerprint density at radius 1 is 1.06 bits per heavy atom. The zero-order chi connectivity index (χ0) is 11.5. The van der Waals surface area contributed by atoms with E-state index in [4.69, 9.17) is 4.42 Å². The Bertz CT molecular complexity index is 603. The van der Waals surface area contributed by atoms with Crippen molar-refractivity contribution in [1.82, 2.24) is 9.97 Å². The molecule has 17 heavy (non-hydrogen) atoms. The largest absolute Gasteiger partial charge is 0.443 e. The molecule has 2 heterocycles. The Hall–Kier alpha value is -2.42. The van der Waals surface area contributed by atoms with Gasteiger partial charge >= 0.3 is 0 Å². The number of hydrogen-bond donors (Lipinski definition) is 0. The van der Waals surface area contributed by atoms with Gasteiger partial charge in [0, 0.05) is 6.20 Å². The van der Waals surface area contributed by atoms with E-state index in [0.29, 0.717) is 5.76 Å². The predicted molar refractivity (Wildman–Crippen MR) is 64.0 cm³/mol. The molecule has 2 aromatic heterocycles. The van der Waals surface area contributed by atoms with E-state index in [-0.39, 0.29) is 0 Å². The van der Waals surface area contributed by atoms with Crippen LogP contribution in [-0.2, 0) is 0 Å². The minimum Gasteiger partial charge on any atom is -0.443 e. The monoisotopic (exact) mass is 221 g/mol. The zero-order valence-corrected chi connectivity index (χ0v) is 9.00. The summed E-state index contributed by atoms with van der Waals surface area (Å²) >= 11 is 0. The van der Waals surface area contributed by atoms with Crippen LogP contribution in [0.2, 0.25) is 0 Å². The van der Waals surface area contributed by atoms with E-state index in [0.717, 1.165) is 16.7 Å². The van der Waals surface area contributed by atoms with E-state index in [1.165, 1.54) is 6.39 Å². The van der Waals surface area contributed by atoms with E-state index in [1.54, 1.807) is 12.4 Å². The summed E-state index contributed by atoms with van der Waals surface area (Å²) in [5.41, 5.74) is 2.98. The summed E-state index contributed by atoms with van der Waals surface area (Å²) in [4.78, 5) is 7.93. The first-order chi connectivity index (χ1) is 8.45. The molecular weight excluding hydrogens is 212 g/mol. The van der Waals surface area contributed by atoms with Crippen LogP contribution in [0.3, 0.4) is 0 Å². The van der Waals surface area contributed by atoms with Gasteiger partial charge in [-0.2, -0.15) is 0 Å². The molecule has 0 N–H and O–H groups in total. The SMILES string of the molecule is [c]1nccc(-c2ccccc2)c1-c1cnco1. The van der Waals surface area contributed by atoms with Gasteiger partial charge in [-0.1, -0.05) is 30.3 Å². The molecule has 0 atom stereocenters. The molecule has 0 amide bonds. The van der Waals surface area contributed by atoms with Gasteiger partial charge < -0.3 is 4.42 Å². The Kier molecular flexibility index (Phi) is 2.43. The maximum absolute atomic E-state index is 5.30. The number of pyridine rings is 1. The maximum Gasteiger partial charge on any atom is 0.181 e. The number of hydrogen-bond acceptors (Lipinski definition) is 3. The summed E-state index contributed by atoms with van der Waals surface area (Å²) in [5, 5.41) is 0. The second kappa shape index (κ2) is 4.22. The number of benzene rings is 1. The molecule has 0 spiro atoms. The molecular formula is C14H9N2O. The maximum atomic E-state index is 5.30. The number of aromatic nitrogens is 2. The molecule has 3 aromatic rings. The fourth-order valence-electron chi connectivity index (χ4n) is 1.74. The summed E-state index contributed by atoms with van der Waals surface area (Å²) in [6.07, 6.45) is 7.75. The Morgan fingerprint density at radius 3 is 2.71 bits per heavy atom. The smallest absolute Gasteiger partial charge is 0.181 e. The molecule has 0 aliphatic heterocycles. The molecule has 0 saturated heterocycles.